The molecule has 3 aromatic rings. The van der Waals surface area contributed by atoms with E-state index in [4.69, 9.17) is 5.11 Å². The summed E-state index contributed by atoms with van der Waals surface area (Å²) in [4.78, 5) is 30.4. The lowest BCUT2D eigenvalue weighted by molar-refractivity contribution is -0.138. The Morgan fingerprint density at radius 2 is 2.00 bits per heavy atom. The minimum absolute atomic E-state index is 0.00279. The van der Waals surface area contributed by atoms with Crippen molar-refractivity contribution in [3.8, 4) is 0 Å². The fourth-order valence-corrected chi connectivity index (χ4v) is 5.46. The van der Waals surface area contributed by atoms with E-state index >= 15 is 0 Å². The number of aromatic nitrogens is 1. The third-order valence-corrected chi connectivity index (χ3v) is 6.96. The number of halogens is 3. The van der Waals surface area contributed by atoms with Gasteiger partial charge in [0.25, 0.3) is 0 Å². The zero-order valence-corrected chi connectivity index (χ0v) is 17.2. The number of thioether (sulfide) groups is 1. The van der Waals surface area contributed by atoms with E-state index in [1.807, 2.05) is 0 Å². The molecule has 1 unspecified atom stereocenters. The molecular weight excluding hydrogens is 474 g/mol. The molecule has 28 heavy (non-hydrogen) atoms. The Hall–Kier alpha value is -2.04. The van der Waals surface area contributed by atoms with Crippen molar-refractivity contribution < 1.29 is 23.5 Å². The van der Waals surface area contributed by atoms with Gasteiger partial charge in [0.1, 0.15) is 16.3 Å². The van der Waals surface area contributed by atoms with Crippen LogP contribution in [0.25, 0.3) is 10.2 Å². The molecular formula is C18H11BrF2N2O3S2. The van der Waals surface area contributed by atoms with Crippen molar-refractivity contribution in [2.24, 2.45) is 0 Å². The molecule has 4 rings (SSSR count). The van der Waals surface area contributed by atoms with Crippen LogP contribution in [-0.4, -0.2) is 27.2 Å². The van der Waals surface area contributed by atoms with Gasteiger partial charge in [-0.25, -0.2) is 13.8 Å². The van der Waals surface area contributed by atoms with Crippen molar-refractivity contribution >= 4 is 66.8 Å². The van der Waals surface area contributed by atoms with Gasteiger partial charge in [-0.1, -0.05) is 15.9 Å². The quantitative estimate of drug-likeness (QED) is 0.574. The Bertz CT molecular complexity index is 1080. The summed E-state index contributed by atoms with van der Waals surface area (Å²) in [6, 6.07) is 7.42. The molecule has 144 valence electrons. The van der Waals surface area contributed by atoms with Crippen LogP contribution in [0.1, 0.15) is 11.4 Å². The number of nitrogens with zero attached hydrogens (tertiary/aromatic N) is 2. The summed E-state index contributed by atoms with van der Waals surface area (Å²) in [7, 11) is 0. The first-order valence-corrected chi connectivity index (χ1v) is 10.5. The lowest BCUT2D eigenvalue weighted by Crippen LogP contribution is -2.41. The molecule has 1 aliphatic heterocycles. The number of carbonyl (C=O) groups is 2. The van der Waals surface area contributed by atoms with Crippen LogP contribution < -0.4 is 4.90 Å². The zero-order valence-electron chi connectivity index (χ0n) is 14.0. The highest BCUT2D eigenvalue weighted by Crippen LogP contribution is 2.42. The van der Waals surface area contributed by atoms with E-state index in [-0.39, 0.29) is 29.1 Å². The molecule has 0 fully saturated rings. The number of thiazole rings is 1. The predicted molar refractivity (Wildman–Crippen MR) is 107 cm³/mol. The molecule has 0 spiro atoms. The molecule has 0 saturated carbocycles. The molecule has 0 aliphatic carbocycles. The largest absolute Gasteiger partial charge is 0.481 e. The summed E-state index contributed by atoms with van der Waals surface area (Å²) in [5.74, 6) is -2.66. The van der Waals surface area contributed by atoms with E-state index in [1.54, 1.807) is 18.2 Å². The van der Waals surface area contributed by atoms with E-state index in [1.165, 1.54) is 16.7 Å². The lowest BCUT2D eigenvalue weighted by atomic mass is 10.2. The average Bonchev–Trinajstić information content (AvgIpc) is 3.07. The monoisotopic (exact) mass is 484 g/mol. The second-order valence-corrected chi connectivity index (χ2v) is 9.30. The minimum Gasteiger partial charge on any atom is -0.481 e. The van der Waals surface area contributed by atoms with Crippen molar-refractivity contribution in [3.63, 3.8) is 0 Å². The molecule has 1 aliphatic rings. The molecule has 1 amide bonds. The van der Waals surface area contributed by atoms with Crippen LogP contribution in [0.2, 0.25) is 0 Å². The molecule has 0 bridgehead atoms. The normalized spacial score (nSPS) is 16.5. The number of carbonyl (C=O) groups excluding carboxylic acids is 1. The van der Waals surface area contributed by atoms with Gasteiger partial charge in [-0.2, -0.15) is 0 Å². The highest BCUT2D eigenvalue weighted by molar-refractivity contribution is 9.10. The van der Waals surface area contributed by atoms with Gasteiger partial charge in [-0.15, -0.1) is 23.1 Å². The number of carboxylic acids is 1. The van der Waals surface area contributed by atoms with E-state index in [2.05, 4.69) is 20.9 Å². The maximum atomic E-state index is 14.0. The number of amides is 1. The van der Waals surface area contributed by atoms with E-state index in [0.717, 1.165) is 32.8 Å². The second-order valence-electron chi connectivity index (χ2n) is 6.06. The summed E-state index contributed by atoms with van der Waals surface area (Å²) in [5.41, 5.74) is 0.529. The molecule has 1 aromatic heterocycles. The molecule has 0 saturated heterocycles. The topological polar surface area (TPSA) is 70.5 Å². The second kappa shape index (κ2) is 7.41. The van der Waals surface area contributed by atoms with Gasteiger partial charge in [0.15, 0.2) is 5.82 Å². The summed E-state index contributed by atoms with van der Waals surface area (Å²) in [6.07, 6.45) is -0.321. The third kappa shape index (κ3) is 3.51. The van der Waals surface area contributed by atoms with Gasteiger partial charge in [0, 0.05) is 9.37 Å². The zero-order chi connectivity index (χ0) is 20.0. The number of fused-ring (bicyclic) bond motifs is 2. The van der Waals surface area contributed by atoms with Gasteiger partial charge in [0.2, 0.25) is 5.91 Å². The maximum absolute atomic E-state index is 14.0. The van der Waals surface area contributed by atoms with Crippen molar-refractivity contribution in [2.45, 2.75) is 23.1 Å². The van der Waals surface area contributed by atoms with E-state index in [9.17, 15) is 18.4 Å². The summed E-state index contributed by atoms with van der Waals surface area (Å²) >= 11 is 5.54. The molecule has 2 heterocycles. The summed E-state index contributed by atoms with van der Waals surface area (Å²) in [5, 5.41) is 8.70. The summed E-state index contributed by atoms with van der Waals surface area (Å²) < 4.78 is 28.8. The minimum atomic E-state index is -1.07. The smallest absolute Gasteiger partial charge is 0.305 e. The number of rotatable bonds is 4. The van der Waals surface area contributed by atoms with Gasteiger partial charge in [0.05, 0.1) is 28.6 Å². The molecule has 10 heteroatoms. The van der Waals surface area contributed by atoms with E-state index in [0.29, 0.717) is 10.7 Å². The fraction of sp³-hybridized carbons (Fsp3) is 0.167. The van der Waals surface area contributed by atoms with Crippen molar-refractivity contribution in [2.75, 3.05) is 4.90 Å². The molecule has 0 radical (unpaired) electrons. The molecule has 1 N–H and O–H groups in total. The SMILES string of the molecule is O=C(O)CC1Sc2ccc(Br)cc2N(Cc2nc3c(F)ccc(F)c3s2)C1=O. The number of carboxylic acid groups (broad SMARTS) is 1. The standard InChI is InChI=1S/C18H11BrF2N2O3S2/c19-8-1-4-12-11(5-8)23(18(26)13(27-12)6-15(24)25)7-14-22-16-9(20)2-3-10(21)17(16)28-14/h1-5,13H,6-7H2,(H,24,25). The molecule has 1 atom stereocenters. The van der Waals surface area contributed by atoms with Crippen LogP contribution in [0.3, 0.4) is 0 Å². The third-order valence-electron chi connectivity index (χ3n) is 4.17. The van der Waals surface area contributed by atoms with Crippen molar-refractivity contribution in [1.29, 1.82) is 0 Å². The van der Waals surface area contributed by atoms with Crippen LogP contribution in [0.15, 0.2) is 39.7 Å². The Labute approximate surface area is 174 Å². The number of hydrogen-bond acceptors (Lipinski definition) is 5. The van der Waals surface area contributed by atoms with Crippen LogP contribution in [0.4, 0.5) is 14.5 Å². The Morgan fingerprint density at radius 3 is 2.71 bits per heavy atom. The van der Waals surface area contributed by atoms with Crippen LogP contribution in [0.5, 0.6) is 0 Å². The van der Waals surface area contributed by atoms with Crippen LogP contribution in [-0.2, 0) is 16.1 Å². The maximum Gasteiger partial charge on any atom is 0.305 e. The van der Waals surface area contributed by atoms with Crippen LogP contribution >= 0.6 is 39.0 Å². The van der Waals surface area contributed by atoms with Gasteiger partial charge in [-0.3, -0.25) is 9.59 Å². The number of aliphatic carboxylic acids is 1. The summed E-state index contributed by atoms with van der Waals surface area (Å²) in [6.45, 7) is -0.00279. The number of benzene rings is 2. The molecule has 2 aromatic carbocycles. The first-order valence-electron chi connectivity index (χ1n) is 8.06. The van der Waals surface area contributed by atoms with Gasteiger partial charge >= 0.3 is 5.97 Å². The average molecular weight is 485 g/mol. The first kappa shape index (κ1) is 19.3. The molecule has 5 nitrogen and oxygen atoms in total. The van der Waals surface area contributed by atoms with Gasteiger partial charge < -0.3 is 10.0 Å². The fourth-order valence-electron chi connectivity index (χ4n) is 2.94. The number of anilines is 1. The number of hydrogen-bond donors (Lipinski definition) is 1. The van der Waals surface area contributed by atoms with Gasteiger partial charge in [-0.05, 0) is 30.3 Å². The first-order chi connectivity index (χ1) is 13.3. The Balaban J connectivity index is 1.76. The van der Waals surface area contributed by atoms with Crippen molar-refractivity contribution in [3.05, 3.63) is 51.4 Å². The van der Waals surface area contributed by atoms with Crippen molar-refractivity contribution in [1.82, 2.24) is 4.98 Å². The Kier molecular flexibility index (Phi) is 5.11. The lowest BCUT2D eigenvalue weighted by Gasteiger charge is -2.32. The highest BCUT2D eigenvalue weighted by Gasteiger charge is 2.35. The van der Waals surface area contributed by atoms with Crippen LogP contribution in [0, 0.1) is 11.6 Å². The van der Waals surface area contributed by atoms with E-state index < -0.39 is 22.9 Å². The predicted octanol–water partition coefficient (Wildman–Crippen LogP) is 4.82. The Morgan fingerprint density at radius 1 is 1.25 bits per heavy atom. The highest BCUT2D eigenvalue weighted by atomic mass is 79.9.